The number of hydrogen-bond donors (Lipinski definition) is 1. The normalized spacial score (nSPS) is 12.4. The number of nitrogens with zero attached hydrogens (tertiary/aromatic N) is 3. The van der Waals surface area contributed by atoms with E-state index in [9.17, 15) is 4.91 Å². The number of halogens is 1. The standard InChI is InChI=1S/C17H13ClN4O3/c18-11-2-3-13-12(6-11)17(22-16(21-13)8-20-23)19-7-10-1-4-14-15(5-10)25-9-24-14/h1-6H,7-9H2,(H,19,21,22). The summed E-state index contributed by atoms with van der Waals surface area (Å²) in [5.74, 6) is 2.42. The van der Waals surface area contributed by atoms with E-state index in [0.29, 0.717) is 28.7 Å². The van der Waals surface area contributed by atoms with E-state index in [2.05, 4.69) is 20.5 Å². The average Bonchev–Trinajstić information content (AvgIpc) is 3.08. The lowest BCUT2D eigenvalue weighted by atomic mass is 10.2. The van der Waals surface area contributed by atoms with Crippen LogP contribution in [-0.4, -0.2) is 16.8 Å². The Morgan fingerprint density at radius 1 is 1.12 bits per heavy atom. The van der Waals surface area contributed by atoms with Gasteiger partial charge in [0, 0.05) is 17.0 Å². The summed E-state index contributed by atoms with van der Waals surface area (Å²) in [6.07, 6.45) is 0. The molecule has 8 heteroatoms. The molecule has 1 aliphatic rings. The third-order valence-electron chi connectivity index (χ3n) is 3.81. The molecule has 1 N–H and O–H groups in total. The lowest BCUT2D eigenvalue weighted by Gasteiger charge is -2.11. The Bertz CT molecular complexity index is 964. The van der Waals surface area contributed by atoms with E-state index in [1.54, 1.807) is 18.2 Å². The molecule has 0 atom stereocenters. The van der Waals surface area contributed by atoms with Gasteiger partial charge in [0.2, 0.25) is 6.79 Å². The fourth-order valence-corrected chi connectivity index (χ4v) is 2.82. The Morgan fingerprint density at radius 3 is 2.88 bits per heavy atom. The van der Waals surface area contributed by atoms with Gasteiger partial charge in [-0.15, -0.1) is 0 Å². The van der Waals surface area contributed by atoms with Crippen LogP contribution in [0.3, 0.4) is 0 Å². The Balaban J connectivity index is 1.65. The molecule has 0 saturated carbocycles. The Labute approximate surface area is 147 Å². The molecule has 0 saturated heterocycles. The fraction of sp³-hybridized carbons (Fsp3) is 0.176. The zero-order valence-electron chi connectivity index (χ0n) is 13.0. The number of aromatic nitrogens is 2. The van der Waals surface area contributed by atoms with E-state index in [4.69, 9.17) is 21.1 Å². The van der Waals surface area contributed by atoms with Crippen LogP contribution in [0.5, 0.6) is 11.5 Å². The highest BCUT2D eigenvalue weighted by atomic mass is 35.5. The summed E-state index contributed by atoms with van der Waals surface area (Å²) in [6.45, 7) is 0.670. The van der Waals surface area contributed by atoms with E-state index in [1.165, 1.54) is 0 Å². The van der Waals surface area contributed by atoms with E-state index in [1.807, 2.05) is 18.2 Å². The number of ether oxygens (including phenoxy) is 2. The van der Waals surface area contributed by atoms with Crippen LogP contribution in [-0.2, 0) is 13.1 Å². The van der Waals surface area contributed by atoms with Crippen LogP contribution in [0.15, 0.2) is 41.6 Å². The van der Waals surface area contributed by atoms with Crippen molar-refractivity contribution in [2.75, 3.05) is 12.1 Å². The van der Waals surface area contributed by atoms with Gasteiger partial charge in [-0.3, -0.25) is 0 Å². The molecule has 0 aliphatic carbocycles. The number of benzene rings is 2. The van der Waals surface area contributed by atoms with Crippen molar-refractivity contribution in [1.29, 1.82) is 0 Å². The fourth-order valence-electron chi connectivity index (χ4n) is 2.65. The van der Waals surface area contributed by atoms with Crippen molar-refractivity contribution in [2.24, 2.45) is 5.18 Å². The molecule has 4 rings (SSSR count). The molecule has 3 aromatic rings. The van der Waals surface area contributed by atoms with Crippen LogP contribution >= 0.6 is 11.6 Å². The third-order valence-corrected chi connectivity index (χ3v) is 4.04. The van der Waals surface area contributed by atoms with Gasteiger partial charge in [0.05, 0.1) is 5.52 Å². The van der Waals surface area contributed by atoms with E-state index < -0.39 is 0 Å². The Hall–Kier alpha value is -2.93. The van der Waals surface area contributed by atoms with Crippen molar-refractivity contribution >= 4 is 28.3 Å². The second-order valence-corrected chi connectivity index (χ2v) is 5.91. The van der Waals surface area contributed by atoms with Gasteiger partial charge in [-0.05, 0) is 35.9 Å². The monoisotopic (exact) mass is 356 g/mol. The first-order valence-corrected chi connectivity index (χ1v) is 7.98. The van der Waals surface area contributed by atoms with Crippen molar-refractivity contribution < 1.29 is 9.47 Å². The molecule has 1 aliphatic heterocycles. The molecule has 0 spiro atoms. The zero-order valence-corrected chi connectivity index (χ0v) is 13.8. The highest BCUT2D eigenvalue weighted by molar-refractivity contribution is 6.31. The van der Waals surface area contributed by atoms with Crippen LogP contribution in [0.1, 0.15) is 11.4 Å². The summed E-state index contributed by atoms with van der Waals surface area (Å²) < 4.78 is 10.7. The summed E-state index contributed by atoms with van der Waals surface area (Å²) in [6, 6.07) is 11.1. The first-order valence-electron chi connectivity index (χ1n) is 7.60. The van der Waals surface area contributed by atoms with Crippen molar-refractivity contribution in [2.45, 2.75) is 13.1 Å². The minimum Gasteiger partial charge on any atom is -0.454 e. The second-order valence-electron chi connectivity index (χ2n) is 5.48. The van der Waals surface area contributed by atoms with Gasteiger partial charge >= 0.3 is 0 Å². The molecule has 7 nitrogen and oxygen atoms in total. The smallest absolute Gasteiger partial charge is 0.231 e. The van der Waals surface area contributed by atoms with Crippen molar-refractivity contribution in [3.63, 3.8) is 0 Å². The van der Waals surface area contributed by atoms with Crippen molar-refractivity contribution in [3.05, 3.63) is 57.7 Å². The van der Waals surface area contributed by atoms with E-state index in [0.717, 1.165) is 22.4 Å². The molecule has 0 radical (unpaired) electrons. The number of nitrogens with one attached hydrogen (secondary N) is 1. The molecular formula is C17H13ClN4O3. The zero-order chi connectivity index (χ0) is 17.2. The first kappa shape index (κ1) is 15.6. The van der Waals surface area contributed by atoms with Crippen molar-refractivity contribution in [1.82, 2.24) is 9.97 Å². The SMILES string of the molecule is O=NCc1nc(NCc2ccc3c(c2)OCO3)c2cc(Cl)ccc2n1. The summed E-state index contributed by atoms with van der Waals surface area (Å²) in [5, 5.41) is 7.51. The molecule has 2 heterocycles. The maximum atomic E-state index is 10.6. The van der Waals surface area contributed by atoms with Gasteiger partial charge in [-0.25, -0.2) is 9.97 Å². The number of nitroso groups, excluding NO2 is 1. The maximum Gasteiger partial charge on any atom is 0.231 e. The molecule has 25 heavy (non-hydrogen) atoms. The van der Waals surface area contributed by atoms with Crippen LogP contribution in [0, 0.1) is 4.91 Å². The number of fused-ring (bicyclic) bond motifs is 2. The third kappa shape index (κ3) is 3.18. The summed E-state index contributed by atoms with van der Waals surface area (Å²) in [5.41, 5.74) is 1.71. The molecule has 0 bridgehead atoms. The summed E-state index contributed by atoms with van der Waals surface area (Å²) >= 11 is 6.09. The van der Waals surface area contributed by atoms with Gasteiger partial charge in [0.15, 0.2) is 17.3 Å². The topological polar surface area (TPSA) is 85.7 Å². The van der Waals surface area contributed by atoms with E-state index >= 15 is 0 Å². The molecule has 0 fully saturated rings. The lowest BCUT2D eigenvalue weighted by Crippen LogP contribution is -2.05. The molecule has 1 aromatic heterocycles. The quantitative estimate of drug-likeness (QED) is 0.698. The van der Waals surface area contributed by atoms with Crippen LogP contribution in [0.25, 0.3) is 10.9 Å². The minimum absolute atomic E-state index is 0.0860. The van der Waals surface area contributed by atoms with Crippen LogP contribution in [0.4, 0.5) is 5.82 Å². The predicted octanol–water partition coefficient (Wildman–Crippen LogP) is 3.89. The van der Waals surface area contributed by atoms with Gasteiger partial charge in [0.1, 0.15) is 12.4 Å². The Morgan fingerprint density at radius 2 is 2.00 bits per heavy atom. The van der Waals surface area contributed by atoms with Crippen LogP contribution < -0.4 is 14.8 Å². The first-order chi connectivity index (χ1) is 12.2. The summed E-state index contributed by atoms with van der Waals surface area (Å²) in [7, 11) is 0. The minimum atomic E-state index is -0.0860. The highest BCUT2D eigenvalue weighted by Gasteiger charge is 2.14. The number of hydrogen-bond acceptors (Lipinski definition) is 7. The Kier molecular flexibility index (Phi) is 4.07. The van der Waals surface area contributed by atoms with Gasteiger partial charge in [-0.1, -0.05) is 22.8 Å². The largest absolute Gasteiger partial charge is 0.454 e. The summed E-state index contributed by atoms with van der Waals surface area (Å²) in [4.78, 5) is 19.3. The highest BCUT2D eigenvalue weighted by Crippen LogP contribution is 2.33. The molecular weight excluding hydrogens is 344 g/mol. The molecule has 0 unspecified atom stereocenters. The number of rotatable bonds is 5. The van der Waals surface area contributed by atoms with Gasteiger partial charge in [0.25, 0.3) is 0 Å². The van der Waals surface area contributed by atoms with Crippen LogP contribution in [0.2, 0.25) is 5.02 Å². The predicted molar refractivity (Wildman–Crippen MR) is 93.9 cm³/mol. The average molecular weight is 357 g/mol. The lowest BCUT2D eigenvalue weighted by molar-refractivity contribution is 0.174. The van der Waals surface area contributed by atoms with Gasteiger partial charge in [-0.2, -0.15) is 4.91 Å². The second kappa shape index (κ2) is 6.52. The molecule has 126 valence electrons. The molecule has 2 aromatic carbocycles. The van der Waals surface area contributed by atoms with Crippen molar-refractivity contribution in [3.8, 4) is 11.5 Å². The maximum absolute atomic E-state index is 10.6. The van der Waals surface area contributed by atoms with E-state index in [-0.39, 0.29) is 13.3 Å². The molecule has 0 amide bonds. The number of anilines is 1. The van der Waals surface area contributed by atoms with Gasteiger partial charge < -0.3 is 14.8 Å².